The lowest BCUT2D eigenvalue weighted by molar-refractivity contribution is -0.0579. The molecule has 25 heavy (non-hydrogen) atoms. The Balaban J connectivity index is 1.37. The first-order valence-corrected chi connectivity index (χ1v) is 9.25. The summed E-state index contributed by atoms with van der Waals surface area (Å²) in [5.74, 6) is 2.55. The van der Waals surface area contributed by atoms with Gasteiger partial charge in [-0.05, 0) is 42.9 Å². The number of hydrogen-bond donors (Lipinski definition) is 0. The average molecular weight is 336 g/mol. The second-order valence-corrected chi connectivity index (χ2v) is 7.70. The summed E-state index contributed by atoms with van der Waals surface area (Å²) < 4.78 is 6.11. The zero-order valence-electron chi connectivity index (χ0n) is 14.7. The van der Waals surface area contributed by atoms with Gasteiger partial charge in [0.2, 0.25) is 5.95 Å². The van der Waals surface area contributed by atoms with Gasteiger partial charge in [0, 0.05) is 32.4 Å². The van der Waals surface area contributed by atoms with Crippen molar-refractivity contribution in [1.82, 2.24) is 9.97 Å². The number of nitrogens with zero attached hydrogens (tertiary/aromatic N) is 4. The molecule has 0 bridgehead atoms. The SMILES string of the molecule is CC1(C2CC2)CN(c2nccc(N3Cc4ccccc4C3)n2)CCO1. The highest BCUT2D eigenvalue weighted by Crippen LogP contribution is 2.43. The Morgan fingerprint density at radius 1 is 1.08 bits per heavy atom. The molecule has 1 saturated heterocycles. The van der Waals surface area contributed by atoms with Gasteiger partial charge in [0.25, 0.3) is 0 Å². The Hall–Kier alpha value is -2.14. The van der Waals surface area contributed by atoms with Gasteiger partial charge in [-0.1, -0.05) is 24.3 Å². The molecule has 0 N–H and O–H groups in total. The molecule has 1 saturated carbocycles. The van der Waals surface area contributed by atoms with E-state index in [0.29, 0.717) is 5.92 Å². The van der Waals surface area contributed by atoms with Crippen LogP contribution in [0.4, 0.5) is 11.8 Å². The Morgan fingerprint density at radius 2 is 1.84 bits per heavy atom. The maximum atomic E-state index is 6.11. The topological polar surface area (TPSA) is 41.5 Å². The van der Waals surface area contributed by atoms with Gasteiger partial charge in [0.05, 0.1) is 12.2 Å². The van der Waals surface area contributed by atoms with Crippen LogP contribution < -0.4 is 9.80 Å². The summed E-state index contributed by atoms with van der Waals surface area (Å²) in [6.07, 6.45) is 4.47. The van der Waals surface area contributed by atoms with Crippen LogP contribution in [0.3, 0.4) is 0 Å². The molecule has 3 aliphatic rings. The fraction of sp³-hybridized carbons (Fsp3) is 0.500. The van der Waals surface area contributed by atoms with Crippen molar-refractivity contribution in [3.05, 3.63) is 47.7 Å². The molecule has 1 atom stereocenters. The molecule has 0 radical (unpaired) electrons. The van der Waals surface area contributed by atoms with Gasteiger partial charge in [0.15, 0.2) is 0 Å². The van der Waals surface area contributed by atoms with E-state index in [2.05, 4.69) is 46.0 Å². The van der Waals surface area contributed by atoms with E-state index in [1.165, 1.54) is 24.0 Å². The lowest BCUT2D eigenvalue weighted by Gasteiger charge is -2.41. The molecule has 2 aliphatic heterocycles. The van der Waals surface area contributed by atoms with Crippen LogP contribution in [-0.2, 0) is 17.8 Å². The molecule has 5 heteroatoms. The van der Waals surface area contributed by atoms with Crippen molar-refractivity contribution in [2.75, 3.05) is 29.5 Å². The molecule has 0 amide bonds. The Labute approximate surface area is 148 Å². The molecule has 0 spiro atoms. The van der Waals surface area contributed by atoms with Crippen molar-refractivity contribution < 1.29 is 4.74 Å². The predicted octanol–water partition coefficient (Wildman–Crippen LogP) is 3.00. The molecule has 130 valence electrons. The van der Waals surface area contributed by atoms with E-state index in [1.807, 2.05) is 12.3 Å². The summed E-state index contributed by atoms with van der Waals surface area (Å²) in [7, 11) is 0. The minimum atomic E-state index is -0.0402. The minimum Gasteiger partial charge on any atom is -0.371 e. The molecule has 2 fully saturated rings. The van der Waals surface area contributed by atoms with Crippen LogP contribution in [0.15, 0.2) is 36.5 Å². The second kappa shape index (κ2) is 5.70. The molecule has 2 aromatic rings. The number of fused-ring (bicyclic) bond motifs is 1. The molecule has 5 nitrogen and oxygen atoms in total. The van der Waals surface area contributed by atoms with Crippen LogP contribution in [0.2, 0.25) is 0 Å². The summed E-state index contributed by atoms with van der Waals surface area (Å²) >= 11 is 0. The monoisotopic (exact) mass is 336 g/mol. The first-order valence-electron chi connectivity index (χ1n) is 9.25. The highest BCUT2D eigenvalue weighted by atomic mass is 16.5. The fourth-order valence-corrected chi connectivity index (χ4v) is 4.17. The Bertz CT molecular complexity index is 766. The molecule has 3 heterocycles. The van der Waals surface area contributed by atoms with Crippen LogP contribution >= 0.6 is 0 Å². The van der Waals surface area contributed by atoms with E-state index in [-0.39, 0.29) is 5.60 Å². The van der Waals surface area contributed by atoms with Gasteiger partial charge >= 0.3 is 0 Å². The van der Waals surface area contributed by atoms with Crippen molar-refractivity contribution in [2.24, 2.45) is 5.92 Å². The van der Waals surface area contributed by atoms with Gasteiger partial charge in [0.1, 0.15) is 5.82 Å². The summed E-state index contributed by atoms with van der Waals surface area (Å²) in [6, 6.07) is 10.7. The molecule has 5 rings (SSSR count). The van der Waals surface area contributed by atoms with Crippen molar-refractivity contribution in [3.63, 3.8) is 0 Å². The summed E-state index contributed by atoms with van der Waals surface area (Å²) in [6.45, 7) is 6.62. The Morgan fingerprint density at radius 3 is 2.56 bits per heavy atom. The maximum absolute atomic E-state index is 6.11. The number of morpholine rings is 1. The van der Waals surface area contributed by atoms with E-state index in [1.54, 1.807) is 0 Å². The lowest BCUT2D eigenvalue weighted by Crippen LogP contribution is -2.52. The molecular formula is C20H24N4O. The third-order valence-corrected chi connectivity index (χ3v) is 5.81. The molecule has 1 unspecified atom stereocenters. The van der Waals surface area contributed by atoms with Gasteiger partial charge in [-0.2, -0.15) is 4.98 Å². The summed E-state index contributed by atoms with van der Waals surface area (Å²) in [5, 5.41) is 0. The Kier molecular flexibility index (Phi) is 3.45. The van der Waals surface area contributed by atoms with E-state index < -0.39 is 0 Å². The van der Waals surface area contributed by atoms with Crippen LogP contribution in [0, 0.1) is 5.92 Å². The largest absolute Gasteiger partial charge is 0.371 e. The standard InChI is InChI=1S/C20H24N4O/c1-20(17-6-7-17)14-23(10-11-25-20)19-21-9-8-18(22-19)24-12-15-4-2-3-5-16(15)13-24/h2-5,8-9,17H,6-7,10-14H2,1H3. The maximum Gasteiger partial charge on any atom is 0.227 e. The number of benzene rings is 1. The summed E-state index contributed by atoms with van der Waals surface area (Å²) in [5.41, 5.74) is 2.76. The number of hydrogen-bond acceptors (Lipinski definition) is 5. The number of ether oxygens (including phenoxy) is 1. The molecular weight excluding hydrogens is 312 g/mol. The van der Waals surface area contributed by atoms with E-state index in [0.717, 1.165) is 44.6 Å². The average Bonchev–Trinajstić information content (AvgIpc) is 3.42. The highest BCUT2D eigenvalue weighted by Gasteiger charge is 2.45. The number of anilines is 2. The highest BCUT2D eigenvalue weighted by molar-refractivity contribution is 5.49. The predicted molar refractivity (Wildman–Crippen MR) is 97.7 cm³/mol. The van der Waals surface area contributed by atoms with Crippen LogP contribution in [0.1, 0.15) is 30.9 Å². The second-order valence-electron chi connectivity index (χ2n) is 7.70. The molecule has 1 aromatic carbocycles. The van der Waals surface area contributed by atoms with Gasteiger partial charge < -0.3 is 14.5 Å². The zero-order chi connectivity index (χ0) is 16.9. The van der Waals surface area contributed by atoms with Gasteiger partial charge in [-0.15, -0.1) is 0 Å². The lowest BCUT2D eigenvalue weighted by atomic mass is 9.98. The third kappa shape index (κ3) is 2.76. The third-order valence-electron chi connectivity index (χ3n) is 5.81. The van der Waals surface area contributed by atoms with Gasteiger partial charge in [-0.25, -0.2) is 4.98 Å². The van der Waals surface area contributed by atoms with Crippen LogP contribution in [0.5, 0.6) is 0 Å². The quantitative estimate of drug-likeness (QED) is 0.862. The first kappa shape index (κ1) is 15.1. The van der Waals surface area contributed by atoms with Crippen molar-refractivity contribution in [3.8, 4) is 0 Å². The summed E-state index contributed by atoms with van der Waals surface area (Å²) in [4.78, 5) is 14.1. The van der Waals surface area contributed by atoms with Gasteiger partial charge in [-0.3, -0.25) is 0 Å². The van der Waals surface area contributed by atoms with Crippen LogP contribution in [-0.4, -0.2) is 35.3 Å². The molecule has 1 aliphatic carbocycles. The normalized spacial score (nSPS) is 26.0. The fourth-order valence-electron chi connectivity index (χ4n) is 4.17. The number of aromatic nitrogens is 2. The minimum absolute atomic E-state index is 0.0402. The number of rotatable bonds is 3. The van der Waals surface area contributed by atoms with E-state index in [4.69, 9.17) is 9.72 Å². The molecule has 1 aromatic heterocycles. The smallest absolute Gasteiger partial charge is 0.227 e. The van der Waals surface area contributed by atoms with Crippen molar-refractivity contribution in [2.45, 2.75) is 38.5 Å². The zero-order valence-corrected chi connectivity index (χ0v) is 14.7. The first-order chi connectivity index (χ1) is 12.2. The van der Waals surface area contributed by atoms with E-state index in [9.17, 15) is 0 Å². The van der Waals surface area contributed by atoms with Crippen LogP contribution in [0.25, 0.3) is 0 Å². The van der Waals surface area contributed by atoms with Crippen molar-refractivity contribution >= 4 is 11.8 Å². The van der Waals surface area contributed by atoms with E-state index >= 15 is 0 Å². The van der Waals surface area contributed by atoms with Crippen molar-refractivity contribution in [1.29, 1.82) is 0 Å².